The second-order valence-electron chi connectivity index (χ2n) is 7.16. The number of unbranched alkanes of at least 4 members (excludes halogenated alkanes) is 1. The standard InChI is InChI=1S/C18H30F2O/c1-14-6-8-15(9-7-14)4-2-3-5-17-11-10-16(13-21-17)12-18(19)20/h12,14-17H,2-11,13H2,1H3. The minimum absolute atomic E-state index is 0.0736. The first-order valence-corrected chi connectivity index (χ1v) is 8.78. The van der Waals surface area contributed by atoms with Crippen LogP contribution in [0, 0.1) is 17.8 Å². The molecule has 2 atom stereocenters. The van der Waals surface area contributed by atoms with Crippen molar-refractivity contribution in [1.29, 1.82) is 0 Å². The molecule has 0 aromatic rings. The van der Waals surface area contributed by atoms with Crippen LogP contribution >= 0.6 is 0 Å². The summed E-state index contributed by atoms with van der Waals surface area (Å²) in [5.74, 6) is 1.82. The van der Waals surface area contributed by atoms with Gasteiger partial charge < -0.3 is 4.74 Å². The van der Waals surface area contributed by atoms with Gasteiger partial charge in [-0.3, -0.25) is 0 Å². The van der Waals surface area contributed by atoms with Crippen LogP contribution in [0.3, 0.4) is 0 Å². The van der Waals surface area contributed by atoms with Crippen molar-refractivity contribution in [3.63, 3.8) is 0 Å². The molecule has 2 fully saturated rings. The van der Waals surface area contributed by atoms with Crippen LogP contribution < -0.4 is 0 Å². The number of halogens is 2. The lowest BCUT2D eigenvalue weighted by atomic mass is 9.80. The van der Waals surface area contributed by atoms with Gasteiger partial charge in [0.1, 0.15) is 0 Å². The average Bonchev–Trinajstić information content (AvgIpc) is 2.46. The Hall–Kier alpha value is -0.440. The van der Waals surface area contributed by atoms with Crippen molar-refractivity contribution < 1.29 is 13.5 Å². The molecule has 1 saturated heterocycles. The summed E-state index contributed by atoms with van der Waals surface area (Å²) in [7, 11) is 0. The zero-order chi connectivity index (χ0) is 15.1. The monoisotopic (exact) mass is 300 g/mol. The van der Waals surface area contributed by atoms with Crippen molar-refractivity contribution in [2.75, 3.05) is 6.61 Å². The third kappa shape index (κ3) is 6.46. The van der Waals surface area contributed by atoms with Gasteiger partial charge in [-0.1, -0.05) is 51.9 Å². The Morgan fingerprint density at radius 1 is 1.00 bits per heavy atom. The van der Waals surface area contributed by atoms with Crippen LogP contribution in [0.5, 0.6) is 0 Å². The molecule has 1 nitrogen and oxygen atoms in total. The van der Waals surface area contributed by atoms with Gasteiger partial charge in [0, 0.05) is 5.92 Å². The van der Waals surface area contributed by atoms with E-state index in [9.17, 15) is 8.78 Å². The maximum absolute atomic E-state index is 12.2. The van der Waals surface area contributed by atoms with Crippen LogP contribution in [0.1, 0.15) is 71.1 Å². The van der Waals surface area contributed by atoms with E-state index in [2.05, 4.69) is 6.92 Å². The molecule has 21 heavy (non-hydrogen) atoms. The van der Waals surface area contributed by atoms with E-state index in [1.54, 1.807) is 0 Å². The van der Waals surface area contributed by atoms with Gasteiger partial charge in [0.25, 0.3) is 6.08 Å². The molecule has 0 aromatic carbocycles. The zero-order valence-corrected chi connectivity index (χ0v) is 13.3. The largest absolute Gasteiger partial charge is 0.378 e. The van der Waals surface area contributed by atoms with E-state index in [0.717, 1.165) is 37.2 Å². The Kier molecular flexibility index (Phi) is 7.15. The minimum atomic E-state index is -1.57. The van der Waals surface area contributed by atoms with Crippen LogP contribution in [0.2, 0.25) is 0 Å². The lowest BCUT2D eigenvalue weighted by molar-refractivity contribution is -0.0103. The predicted molar refractivity (Wildman–Crippen MR) is 82.4 cm³/mol. The molecule has 0 aromatic heterocycles. The maximum Gasteiger partial charge on any atom is 0.266 e. The first-order chi connectivity index (χ1) is 10.1. The van der Waals surface area contributed by atoms with Crippen molar-refractivity contribution in [1.82, 2.24) is 0 Å². The zero-order valence-electron chi connectivity index (χ0n) is 13.3. The highest BCUT2D eigenvalue weighted by molar-refractivity contribution is 4.90. The van der Waals surface area contributed by atoms with Gasteiger partial charge >= 0.3 is 0 Å². The van der Waals surface area contributed by atoms with E-state index in [-0.39, 0.29) is 5.92 Å². The summed E-state index contributed by atoms with van der Waals surface area (Å²) in [6.45, 7) is 2.84. The molecule has 2 rings (SSSR count). The van der Waals surface area contributed by atoms with Gasteiger partial charge in [0.05, 0.1) is 12.7 Å². The van der Waals surface area contributed by atoms with Gasteiger partial charge in [0.2, 0.25) is 0 Å². The fraction of sp³-hybridized carbons (Fsp3) is 0.889. The number of ether oxygens (including phenoxy) is 1. The summed E-state index contributed by atoms with van der Waals surface area (Å²) in [6, 6.07) is 0. The van der Waals surface area contributed by atoms with Gasteiger partial charge in [0.15, 0.2) is 0 Å². The van der Waals surface area contributed by atoms with Gasteiger partial charge in [-0.15, -0.1) is 0 Å². The van der Waals surface area contributed by atoms with Crippen LogP contribution in [0.15, 0.2) is 12.2 Å². The highest BCUT2D eigenvalue weighted by Gasteiger charge is 2.21. The van der Waals surface area contributed by atoms with Crippen molar-refractivity contribution in [2.24, 2.45) is 17.8 Å². The number of rotatable bonds is 6. The van der Waals surface area contributed by atoms with Gasteiger partial charge in [-0.2, -0.15) is 8.78 Å². The van der Waals surface area contributed by atoms with Gasteiger partial charge in [-0.05, 0) is 37.2 Å². The maximum atomic E-state index is 12.2. The molecule has 1 heterocycles. The lowest BCUT2D eigenvalue weighted by Crippen LogP contribution is -2.25. The molecule has 1 saturated carbocycles. The van der Waals surface area contributed by atoms with Crippen LogP contribution in [-0.2, 0) is 4.74 Å². The third-order valence-electron chi connectivity index (χ3n) is 5.29. The molecule has 1 aliphatic carbocycles. The molecule has 2 aliphatic rings. The molecule has 3 heteroatoms. The van der Waals surface area contributed by atoms with Crippen LogP contribution in [0.25, 0.3) is 0 Å². The Morgan fingerprint density at radius 2 is 1.71 bits per heavy atom. The Morgan fingerprint density at radius 3 is 2.33 bits per heavy atom. The van der Waals surface area contributed by atoms with Crippen molar-refractivity contribution in [3.8, 4) is 0 Å². The van der Waals surface area contributed by atoms with E-state index in [1.165, 1.54) is 44.9 Å². The molecule has 1 aliphatic heterocycles. The Bertz CT molecular complexity index is 309. The van der Waals surface area contributed by atoms with E-state index in [1.807, 2.05) is 0 Å². The normalized spacial score (nSPS) is 33.7. The Labute approximate surface area is 128 Å². The molecule has 122 valence electrons. The van der Waals surface area contributed by atoms with E-state index >= 15 is 0 Å². The highest BCUT2D eigenvalue weighted by atomic mass is 19.3. The first-order valence-electron chi connectivity index (χ1n) is 8.78. The summed E-state index contributed by atoms with van der Waals surface area (Å²) < 4.78 is 30.1. The Balaban J connectivity index is 1.51. The minimum Gasteiger partial charge on any atom is -0.378 e. The molecule has 0 radical (unpaired) electrons. The summed E-state index contributed by atoms with van der Waals surface area (Å²) in [5, 5.41) is 0. The first kappa shape index (κ1) is 16.9. The molecular weight excluding hydrogens is 270 g/mol. The molecule has 0 bridgehead atoms. The van der Waals surface area contributed by atoms with E-state index < -0.39 is 6.08 Å². The summed E-state index contributed by atoms with van der Waals surface area (Å²) in [5.41, 5.74) is 0. The fourth-order valence-electron chi connectivity index (χ4n) is 3.79. The SMILES string of the molecule is CC1CCC(CCCCC2CCC(C=C(F)F)CO2)CC1. The second kappa shape index (κ2) is 8.87. The van der Waals surface area contributed by atoms with Crippen LogP contribution in [-0.4, -0.2) is 12.7 Å². The van der Waals surface area contributed by atoms with Crippen molar-refractivity contribution in [2.45, 2.75) is 77.2 Å². The number of hydrogen-bond acceptors (Lipinski definition) is 1. The van der Waals surface area contributed by atoms with Crippen LogP contribution in [0.4, 0.5) is 8.78 Å². The second-order valence-corrected chi connectivity index (χ2v) is 7.16. The van der Waals surface area contributed by atoms with E-state index in [0.29, 0.717) is 12.7 Å². The average molecular weight is 300 g/mol. The molecule has 2 unspecified atom stereocenters. The molecule has 0 spiro atoms. The predicted octanol–water partition coefficient (Wildman–Crippen LogP) is 5.95. The summed E-state index contributed by atoms with van der Waals surface area (Å²) in [6.07, 6.45) is 12.3. The lowest BCUT2D eigenvalue weighted by Gasteiger charge is -2.28. The fourth-order valence-corrected chi connectivity index (χ4v) is 3.79. The topological polar surface area (TPSA) is 9.23 Å². The summed E-state index contributed by atoms with van der Waals surface area (Å²) in [4.78, 5) is 0. The summed E-state index contributed by atoms with van der Waals surface area (Å²) >= 11 is 0. The molecular formula is C18H30F2O. The third-order valence-corrected chi connectivity index (χ3v) is 5.29. The molecule has 0 N–H and O–H groups in total. The van der Waals surface area contributed by atoms with Crippen molar-refractivity contribution >= 4 is 0 Å². The van der Waals surface area contributed by atoms with Crippen molar-refractivity contribution in [3.05, 3.63) is 12.2 Å². The highest BCUT2D eigenvalue weighted by Crippen LogP contribution is 2.32. The quantitative estimate of drug-likeness (QED) is 0.551. The molecule has 0 amide bonds. The smallest absolute Gasteiger partial charge is 0.266 e. The van der Waals surface area contributed by atoms with E-state index in [4.69, 9.17) is 4.74 Å². The number of hydrogen-bond donors (Lipinski definition) is 0. The van der Waals surface area contributed by atoms with Gasteiger partial charge in [-0.25, -0.2) is 0 Å².